The van der Waals surface area contributed by atoms with Crippen LogP contribution in [0.3, 0.4) is 0 Å². The number of carbonyl (C=O) groups excluding carboxylic acids is 3. The summed E-state index contributed by atoms with van der Waals surface area (Å²) in [5.41, 5.74) is 1.67. The molecule has 0 spiro atoms. The van der Waals surface area contributed by atoms with Gasteiger partial charge in [-0.3, -0.25) is 9.59 Å². The van der Waals surface area contributed by atoms with Gasteiger partial charge in [0.25, 0.3) is 5.91 Å². The standard InChI is InChI=1S/C24H25NO6/c1-17(26)20(14-18-6-3-2-4-7-18)25-23(27)16-31-24(28)11-9-19-8-10-21-22(15-19)30-13-5-12-29-21/h2-4,6-11,15,20H,5,12-14,16H2,1H3,(H,25,27)/b11-9+/t20-/m1/s1. The van der Waals surface area contributed by atoms with E-state index >= 15 is 0 Å². The van der Waals surface area contributed by atoms with Gasteiger partial charge >= 0.3 is 5.97 Å². The van der Waals surface area contributed by atoms with E-state index in [2.05, 4.69) is 5.32 Å². The number of hydrogen-bond acceptors (Lipinski definition) is 6. The van der Waals surface area contributed by atoms with E-state index in [0.717, 1.165) is 17.5 Å². The molecular formula is C24H25NO6. The molecule has 162 valence electrons. The molecule has 0 aromatic heterocycles. The summed E-state index contributed by atoms with van der Waals surface area (Å²) >= 11 is 0. The molecule has 0 bridgehead atoms. The molecule has 0 fully saturated rings. The predicted octanol–water partition coefficient (Wildman–Crippen LogP) is 2.72. The minimum atomic E-state index is -0.675. The summed E-state index contributed by atoms with van der Waals surface area (Å²) < 4.78 is 16.2. The predicted molar refractivity (Wildman–Crippen MR) is 115 cm³/mol. The maximum atomic E-state index is 12.1. The van der Waals surface area contributed by atoms with Crippen molar-refractivity contribution in [3.05, 3.63) is 65.7 Å². The summed E-state index contributed by atoms with van der Waals surface area (Å²) in [5.74, 6) is -0.0681. The van der Waals surface area contributed by atoms with E-state index in [4.69, 9.17) is 14.2 Å². The highest BCUT2D eigenvalue weighted by molar-refractivity contribution is 5.91. The number of nitrogens with one attached hydrogen (secondary N) is 1. The first-order valence-electron chi connectivity index (χ1n) is 10.1. The van der Waals surface area contributed by atoms with Gasteiger partial charge in [-0.2, -0.15) is 0 Å². The third-order valence-corrected chi connectivity index (χ3v) is 4.64. The summed E-state index contributed by atoms with van der Waals surface area (Å²) in [6, 6.07) is 14.1. The second-order valence-corrected chi connectivity index (χ2v) is 7.12. The highest BCUT2D eigenvalue weighted by Gasteiger charge is 2.18. The Bertz CT molecular complexity index is 954. The third-order valence-electron chi connectivity index (χ3n) is 4.64. The van der Waals surface area contributed by atoms with E-state index in [-0.39, 0.29) is 5.78 Å². The van der Waals surface area contributed by atoms with Gasteiger partial charge in [0.15, 0.2) is 23.9 Å². The van der Waals surface area contributed by atoms with Crippen LogP contribution in [0.5, 0.6) is 11.5 Å². The first kappa shape index (κ1) is 22.1. The normalized spacial score (nSPS) is 13.8. The molecule has 0 unspecified atom stereocenters. The number of fused-ring (bicyclic) bond motifs is 1. The van der Waals surface area contributed by atoms with Gasteiger partial charge in [-0.05, 0) is 42.7 Å². The molecule has 1 aliphatic heterocycles. The van der Waals surface area contributed by atoms with E-state index in [9.17, 15) is 14.4 Å². The molecule has 7 heteroatoms. The zero-order chi connectivity index (χ0) is 22.1. The Balaban J connectivity index is 1.48. The Kier molecular flexibility index (Phi) is 7.81. The van der Waals surface area contributed by atoms with E-state index < -0.39 is 24.5 Å². The second-order valence-electron chi connectivity index (χ2n) is 7.12. The van der Waals surface area contributed by atoms with Crippen molar-refractivity contribution in [2.24, 2.45) is 0 Å². The summed E-state index contributed by atoms with van der Waals surface area (Å²) in [7, 11) is 0. The lowest BCUT2D eigenvalue weighted by Crippen LogP contribution is -2.43. The maximum absolute atomic E-state index is 12.1. The van der Waals surface area contributed by atoms with Crippen molar-refractivity contribution in [1.29, 1.82) is 0 Å². The van der Waals surface area contributed by atoms with Crippen LogP contribution in [0.1, 0.15) is 24.5 Å². The minimum absolute atomic E-state index is 0.169. The van der Waals surface area contributed by atoms with Crippen LogP contribution in [0.15, 0.2) is 54.6 Å². The van der Waals surface area contributed by atoms with Crippen LogP contribution in [0.4, 0.5) is 0 Å². The molecular weight excluding hydrogens is 398 g/mol. The van der Waals surface area contributed by atoms with Crippen LogP contribution in [0.25, 0.3) is 6.08 Å². The topological polar surface area (TPSA) is 90.9 Å². The highest BCUT2D eigenvalue weighted by atomic mass is 16.5. The molecule has 3 rings (SSSR count). The summed E-state index contributed by atoms with van der Waals surface area (Å²) in [4.78, 5) is 35.9. The van der Waals surface area contributed by atoms with E-state index in [0.29, 0.717) is 31.1 Å². The average molecular weight is 423 g/mol. The lowest BCUT2D eigenvalue weighted by molar-refractivity contribution is -0.144. The van der Waals surface area contributed by atoms with Gasteiger partial charge in [-0.15, -0.1) is 0 Å². The zero-order valence-electron chi connectivity index (χ0n) is 17.3. The number of amides is 1. The van der Waals surface area contributed by atoms with Crippen LogP contribution >= 0.6 is 0 Å². The molecule has 2 aromatic carbocycles. The number of carbonyl (C=O) groups is 3. The Labute approximate surface area is 181 Å². The summed E-state index contributed by atoms with van der Waals surface area (Å²) in [6.07, 6.45) is 3.99. The molecule has 7 nitrogen and oxygen atoms in total. The monoisotopic (exact) mass is 423 g/mol. The number of ether oxygens (including phenoxy) is 3. The fourth-order valence-electron chi connectivity index (χ4n) is 3.01. The molecule has 1 heterocycles. The number of Topliss-reactive ketones (excluding diaryl/α,β-unsaturated/α-hetero) is 1. The van der Waals surface area contributed by atoms with E-state index in [1.165, 1.54) is 13.0 Å². The van der Waals surface area contributed by atoms with E-state index in [1.807, 2.05) is 30.3 Å². The number of ketones is 1. The van der Waals surface area contributed by atoms with Crippen LogP contribution < -0.4 is 14.8 Å². The number of benzene rings is 2. The minimum Gasteiger partial charge on any atom is -0.490 e. The summed E-state index contributed by atoms with van der Waals surface area (Å²) in [6.45, 7) is 2.12. The molecule has 31 heavy (non-hydrogen) atoms. The van der Waals surface area contributed by atoms with Crippen molar-refractivity contribution in [1.82, 2.24) is 5.32 Å². The van der Waals surface area contributed by atoms with Crippen molar-refractivity contribution in [3.8, 4) is 11.5 Å². The van der Waals surface area contributed by atoms with Crippen LogP contribution in [-0.2, 0) is 25.5 Å². The van der Waals surface area contributed by atoms with Gasteiger partial charge in [0.2, 0.25) is 0 Å². The molecule has 0 aliphatic carbocycles. The Hall–Kier alpha value is -3.61. The van der Waals surface area contributed by atoms with Crippen molar-refractivity contribution in [2.45, 2.75) is 25.8 Å². The van der Waals surface area contributed by atoms with Gasteiger partial charge in [-0.25, -0.2) is 4.79 Å². The molecule has 1 aliphatic rings. The molecule has 1 N–H and O–H groups in total. The number of esters is 1. The molecule has 1 amide bonds. The zero-order valence-corrected chi connectivity index (χ0v) is 17.3. The molecule has 1 atom stereocenters. The van der Waals surface area contributed by atoms with Crippen molar-refractivity contribution in [3.63, 3.8) is 0 Å². The van der Waals surface area contributed by atoms with Gasteiger partial charge in [0.05, 0.1) is 19.3 Å². The van der Waals surface area contributed by atoms with E-state index in [1.54, 1.807) is 24.3 Å². The fraction of sp³-hybridized carbons (Fsp3) is 0.292. The SMILES string of the molecule is CC(=O)[C@@H](Cc1ccccc1)NC(=O)COC(=O)/C=C/c1ccc2c(c1)OCCCO2. The Morgan fingerprint density at radius 1 is 1.06 bits per heavy atom. The largest absolute Gasteiger partial charge is 0.490 e. The number of hydrogen-bond donors (Lipinski definition) is 1. The van der Waals surface area contributed by atoms with Crippen LogP contribution in [0.2, 0.25) is 0 Å². The Morgan fingerprint density at radius 3 is 2.55 bits per heavy atom. The fourth-order valence-corrected chi connectivity index (χ4v) is 3.01. The lowest BCUT2D eigenvalue weighted by atomic mass is 10.0. The highest BCUT2D eigenvalue weighted by Crippen LogP contribution is 2.30. The second kappa shape index (κ2) is 11.0. The average Bonchev–Trinajstić information content (AvgIpc) is 3.01. The maximum Gasteiger partial charge on any atom is 0.331 e. The first-order valence-corrected chi connectivity index (χ1v) is 10.1. The van der Waals surface area contributed by atoms with Crippen molar-refractivity contribution >= 4 is 23.7 Å². The van der Waals surface area contributed by atoms with Crippen LogP contribution in [-0.4, -0.2) is 43.5 Å². The van der Waals surface area contributed by atoms with Crippen LogP contribution in [0, 0.1) is 0 Å². The van der Waals surface area contributed by atoms with Gasteiger partial charge < -0.3 is 19.5 Å². The number of rotatable bonds is 8. The quantitative estimate of drug-likeness (QED) is 0.519. The van der Waals surface area contributed by atoms with Crippen molar-refractivity contribution in [2.75, 3.05) is 19.8 Å². The van der Waals surface area contributed by atoms with Gasteiger partial charge in [0, 0.05) is 12.5 Å². The third kappa shape index (κ3) is 6.99. The lowest BCUT2D eigenvalue weighted by Gasteiger charge is -2.16. The first-order chi connectivity index (χ1) is 15.0. The molecule has 0 radical (unpaired) electrons. The summed E-state index contributed by atoms with van der Waals surface area (Å²) in [5, 5.41) is 2.61. The van der Waals surface area contributed by atoms with Gasteiger partial charge in [-0.1, -0.05) is 36.4 Å². The molecule has 0 saturated carbocycles. The molecule has 2 aromatic rings. The van der Waals surface area contributed by atoms with Crippen molar-refractivity contribution < 1.29 is 28.6 Å². The Morgan fingerprint density at radius 2 is 1.81 bits per heavy atom. The molecule has 0 saturated heterocycles. The van der Waals surface area contributed by atoms with Gasteiger partial charge in [0.1, 0.15) is 0 Å². The smallest absolute Gasteiger partial charge is 0.331 e.